The molecule has 0 heterocycles. The van der Waals surface area contributed by atoms with Gasteiger partial charge in [0.1, 0.15) is 0 Å². The van der Waals surface area contributed by atoms with Gasteiger partial charge in [-0.1, -0.05) is 34.6 Å². The van der Waals surface area contributed by atoms with Crippen molar-refractivity contribution in [3.8, 4) is 0 Å². The molecule has 0 amide bonds. The Morgan fingerprint density at radius 2 is 1.40 bits per heavy atom. The molecule has 0 aliphatic carbocycles. The highest BCUT2D eigenvalue weighted by atomic mass is 16.6. The molecule has 15 heavy (non-hydrogen) atoms. The molecule has 0 aromatic rings. The lowest BCUT2D eigenvalue weighted by Crippen LogP contribution is -2.47. The van der Waals surface area contributed by atoms with Crippen LogP contribution in [-0.2, 0) is 4.74 Å². The average Bonchev–Trinajstić information content (AvgIpc) is 1.97. The molecule has 0 spiro atoms. The summed E-state index contributed by atoms with van der Waals surface area (Å²) in [5.41, 5.74) is -0.506. The zero-order valence-electron chi connectivity index (χ0n) is 11.6. The number of hydrogen-bond acceptors (Lipinski definition) is 2. The van der Waals surface area contributed by atoms with Crippen molar-refractivity contribution < 1.29 is 9.84 Å². The first-order valence-corrected chi connectivity index (χ1v) is 5.80. The smallest absolute Gasteiger partial charge is 0.161 e. The maximum atomic E-state index is 10.2. The van der Waals surface area contributed by atoms with Crippen molar-refractivity contribution in [2.75, 3.05) is 0 Å². The number of aliphatic hydroxyl groups is 1. The highest BCUT2D eigenvalue weighted by Gasteiger charge is 2.44. The van der Waals surface area contributed by atoms with Gasteiger partial charge >= 0.3 is 0 Å². The van der Waals surface area contributed by atoms with Gasteiger partial charge in [-0.05, 0) is 32.6 Å². The first kappa shape index (κ1) is 14.9. The largest absolute Gasteiger partial charge is 0.367 e. The monoisotopic (exact) mass is 216 g/mol. The van der Waals surface area contributed by atoms with Gasteiger partial charge in [0.05, 0.1) is 5.60 Å². The second-order valence-electron chi connectivity index (χ2n) is 6.60. The molecule has 0 aliphatic heterocycles. The molecule has 0 aromatic carbocycles. The van der Waals surface area contributed by atoms with Crippen molar-refractivity contribution >= 4 is 0 Å². The molecule has 2 atom stereocenters. The summed E-state index contributed by atoms with van der Waals surface area (Å²) in [4.78, 5) is 0. The van der Waals surface area contributed by atoms with E-state index in [1.807, 2.05) is 20.8 Å². The maximum Gasteiger partial charge on any atom is 0.161 e. The second kappa shape index (κ2) is 4.42. The Morgan fingerprint density at radius 1 is 1.00 bits per heavy atom. The molecule has 2 nitrogen and oxygen atoms in total. The Bertz CT molecular complexity index is 198. The van der Waals surface area contributed by atoms with Crippen LogP contribution in [-0.4, -0.2) is 17.0 Å². The van der Waals surface area contributed by atoms with Gasteiger partial charge < -0.3 is 9.84 Å². The SMILES string of the molecule is CCC(C)(C(O)OC(C)(C)C)C(C)(C)C. The number of aliphatic hydroxyl groups excluding tert-OH is 1. The minimum absolute atomic E-state index is 0.0203. The number of hydrogen-bond donors (Lipinski definition) is 1. The minimum Gasteiger partial charge on any atom is -0.367 e. The van der Waals surface area contributed by atoms with E-state index >= 15 is 0 Å². The topological polar surface area (TPSA) is 29.5 Å². The molecule has 2 heteroatoms. The highest BCUT2D eigenvalue weighted by molar-refractivity contribution is 4.88. The predicted octanol–water partition coefficient (Wildman–Crippen LogP) is 3.58. The molecule has 0 fully saturated rings. The van der Waals surface area contributed by atoms with E-state index in [1.165, 1.54) is 0 Å². The maximum absolute atomic E-state index is 10.2. The summed E-state index contributed by atoms with van der Waals surface area (Å²) < 4.78 is 5.68. The van der Waals surface area contributed by atoms with Crippen LogP contribution in [0.5, 0.6) is 0 Å². The van der Waals surface area contributed by atoms with E-state index in [2.05, 4.69) is 34.6 Å². The predicted molar refractivity (Wildman–Crippen MR) is 64.7 cm³/mol. The Hall–Kier alpha value is -0.0800. The van der Waals surface area contributed by atoms with Crippen LogP contribution in [0.15, 0.2) is 0 Å². The van der Waals surface area contributed by atoms with Crippen molar-refractivity contribution in [1.29, 1.82) is 0 Å². The molecule has 2 unspecified atom stereocenters. The van der Waals surface area contributed by atoms with Crippen LogP contribution in [0.25, 0.3) is 0 Å². The quantitative estimate of drug-likeness (QED) is 0.731. The zero-order valence-corrected chi connectivity index (χ0v) is 11.6. The lowest BCUT2D eigenvalue weighted by atomic mass is 9.65. The Labute approximate surface area is 95.0 Å². The lowest BCUT2D eigenvalue weighted by Gasteiger charge is -2.46. The first-order valence-electron chi connectivity index (χ1n) is 5.80. The summed E-state index contributed by atoms with van der Waals surface area (Å²) in [6.07, 6.45) is 0.177. The summed E-state index contributed by atoms with van der Waals surface area (Å²) >= 11 is 0. The Morgan fingerprint density at radius 3 is 1.60 bits per heavy atom. The van der Waals surface area contributed by atoms with Crippen molar-refractivity contribution in [2.45, 2.75) is 73.7 Å². The summed E-state index contributed by atoms with van der Waals surface area (Å²) in [5, 5.41) is 10.2. The zero-order chi connectivity index (χ0) is 12.5. The summed E-state index contributed by atoms with van der Waals surface area (Å²) in [5.74, 6) is 0. The van der Waals surface area contributed by atoms with Crippen LogP contribution in [0.2, 0.25) is 0 Å². The van der Waals surface area contributed by atoms with Crippen LogP contribution >= 0.6 is 0 Å². The van der Waals surface area contributed by atoms with Crippen LogP contribution in [0, 0.1) is 10.8 Å². The number of ether oxygens (including phenoxy) is 1. The molecular weight excluding hydrogens is 188 g/mol. The van der Waals surface area contributed by atoms with Gasteiger partial charge in [-0.3, -0.25) is 0 Å². The fourth-order valence-electron chi connectivity index (χ4n) is 1.54. The van der Waals surface area contributed by atoms with Gasteiger partial charge in [0.25, 0.3) is 0 Å². The Balaban J connectivity index is 4.83. The molecule has 0 aliphatic rings. The summed E-state index contributed by atoms with van der Waals surface area (Å²) in [7, 11) is 0. The molecule has 0 bridgehead atoms. The molecule has 92 valence electrons. The van der Waals surface area contributed by atoms with Crippen LogP contribution in [0.1, 0.15) is 61.8 Å². The van der Waals surface area contributed by atoms with Crippen molar-refractivity contribution in [3.63, 3.8) is 0 Å². The fourth-order valence-corrected chi connectivity index (χ4v) is 1.54. The molecule has 0 aromatic heterocycles. The van der Waals surface area contributed by atoms with Crippen LogP contribution < -0.4 is 0 Å². The molecular formula is C13H28O2. The molecule has 0 radical (unpaired) electrons. The molecule has 1 N–H and O–H groups in total. The van der Waals surface area contributed by atoms with E-state index in [1.54, 1.807) is 0 Å². The molecule has 0 rings (SSSR count). The summed E-state index contributed by atoms with van der Waals surface area (Å²) in [6, 6.07) is 0. The molecule has 0 saturated heterocycles. The van der Waals surface area contributed by atoms with Crippen LogP contribution in [0.4, 0.5) is 0 Å². The standard InChI is InChI=1S/C13H28O2/c1-9-13(8,11(2,3)4)10(14)15-12(5,6)7/h10,14H,9H2,1-8H3. The van der Waals surface area contributed by atoms with Gasteiger partial charge in [0.2, 0.25) is 0 Å². The minimum atomic E-state index is -0.720. The highest BCUT2D eigenvalue weighted by Crippen LogP contribution is 2.45. The van der Waals surface area contributed by atoms with Gasteiger partial charge in [-0.15, -0.1) is 0 Å². The van der Waals surface area contributed by atoms with E-state index < -0.39 is 6.29 Å². The van der Waals surface area contributed by atoms with Crippen molar-refractivity contribution in [3.05, 3.63) is 0 Å². The van der Waals surface area contributed by atoms with E-state index in [-0.39, 0.29) is 16.4 Å². The third-order valence-electron chi connectivity index (χ3n) is 3.46. The van der Waals surface area contributed by atoms with Crippen molar-refractivity contribution in [2.24, 2.45) is 10.8 Å². The van der Waals surface area contributed by atoms with E-state index in [0.717, 1.165) is 6.42 Å². The van der Waals surface area contributed by atoms with E-state index in [4.69, 9.17) is 4.74 Å². The van der Waals surface area contributed by atoms with Gasteiger partial charge in [0.15, 0.2) is 6.29 Å². The third-order valence-corrected chi connectivity index (χ3v) is 3.46. The number of rotatable bonds is 3. The normalized spacial score (nSPS) is 19.8. The third kappa shape index (κ3) is 3.76. The summed E-state index contributed by atoms with van der Waals surface area (Å²) in [6.45, 7) is 16.5. The lowest BCUT2D eigenvalue weighted by molar-refractivity contribution is -0.244. The average molecular weight is 216 g/mol. The van der Waals surface area contributed by atoms with Crippen molar-refractivity contribution in [1.82, 2.24) is 0 Å². The fraction of sp³-hybridized carbons (Fsp3) is 1.00. The second-order valence-corrected chi connectivity index (χ2v) is 6.60. The molecule has 0 saturated carbocycles. The van der Waals surface area contributed by atoms with E-state index in [0.29, 0.717) is 0 Å². The van der Waals surface area contributed by atoms with Gasteiger partial charge in [-0.2, -0.15) is 0 Å². The first-order chi connectivity index (χ1) is 6.44. The van der Waals surface area contributed by atoms with Gasteiger partial charge in [0, 0.05) is 5.41 Å². The Kier molecular flexibility index (Phi) is 4.40. The van der Waals surface area contributed by atoms with E-state index in [9.17, 15) is 5.11 Å². The van der Waals surface area contributed by atoms with Gasteiger partial charge in [-0.25, -0.2) is 0 Å². The van der Waals surface area contributed by atoms with Crippen LogP contribution in [0.3, 0.4) is 0 Å².